The molecule has 0 fully saturated rings. The van der Waals surface area contributed by atoms with Gasteiger partial charge in [-0.2, -0.15) is 0 Å². The molecule has 0 aliphatic carbocycles. The Morgan fingerprint density at radius 3 is 1.62 bits per heavy atom. The van der Waals surface area contributed by atoms with E-state index in [2.05, 4.69) is 138 Å². The average molecular weight is 666 g/mol. The van der Waals surface area contributed by atoms with Crippen LogP contribution in [-0.2, 0) is 5.41 Å². The van der Waals surface area contributed by atoms with Gasteiger partial charge in [-0.3, -0.25) is 0 Å². The van der Waals surface area contributed by atoms with E-state index in [1.807, 2.05) is 54.6 Å². The summed E-state index contributed by atoms with van der Waals surface area (Å²) >= 11 is 0. The predicted octanol–water partition coefficient (Wildman–Crippen LogP) is 12.2. The Hall–Kier alpha value is -7.09. The number of ether oxygens (including phenoxy) is 1. The number of rotatable bonds is 6. The second kappa shape index (κ2) is 13.0. The van der Waals surface area contributed by atoms with Gasteiger partial charge in [-0.25, -0.2) is 14.8 Å². The van der Waals surface area contributed by atoms with E-state index < -0.39 is 5.41 Å². The largest absolute Gasteiger partial charge is 0.457 e. The summed E-state index contributed by atoms with van der Waals surface area (Å²) in [5.74, 6) is 2.32. The van der Waals surface area contributed by atoms with Gasteiger partial charge in [-0.05, 0) is 58.1 Å². The second-order valence-electron chi connectivity index (χ2n) is 12.9. The van der Waals surface area contributed by atoms with Crippen molar-refractivity contribution in [2.24, 2.45) is 0 Å². The highest BCUT2D eigenvalue weighted by Crippen LogP contribution is 2.55. The maximum absolute atomic E-state index is 7.39. The molecule has 0 unspecified atom stereocenters. The smallest absolute Gasteiger partial charge is 0.187 e. The Balaban J connectivity index is 1.21. The summed E-state index contributed by atoms with van der Waals surface area (Å²) in [6, 6.07) is 64.6. The number of nitrogens with zero attached hydrogens (tertiary/aromatic N) is 3. The average Bonchev–Trinajstić information content (AvgIpc) is 3.23. The van der Waals surface area contributed by atoms with Crippen molar-refractivity contribution in [2.45, 2.75) is 5.41 Å². The van der Waals surface area contributed by atoms with Crippen molar-refractivity contribution in [1.29, 1.82) is 0 Å². The molecule has 244 valence electrons. The lowest BCUT2D eigenvalue weighted by Gasteiger charge is -2.41. The quantitative estimate of drug-likeness (QED) is 0.166. The van der Waals surface area contributed by atoms with Gasteiger partial charge in [0.15, 0.2) is 11.5 Å². The molecule has 1 aliphatic heterocycles. The molecule has 9 rings (SSSR count). The molecule has 0 saturated heterocycles. The molecule has 0 bridgehead atoms. The molecule has 0 radical (unpaired) electrons. The van der Waals surface area contributed by atoms with E-state index in [4.69, 9.17) is 21.3 Å². The van der Waals surface area contributed by atoms with Gasteiger partial charge in [0.05, 0.1) is 23.4 Å². The highest BCUT2D eigenvalue weighted by atomic mass is 16.5. The monoisotopic (exact) mass is 665 g/mol. The maximum atomic E-state index is 7.39. The Morgan fingerprint density at radius 1 is 0.423 bits per heavy atom. The summed E-state index contributed by atoms with van der Waals surface area (Å²) in [4.78, 5) is 13.7. The van der Waals surface area contributed by atoms with Crippen molar-refractivity contribution in [1.82, 2.24) is 9.97 Å². The number of benzene rings is 7. The van der Waals surface area contributed by atoms with Crippen LogP contribution in [0.25, 0.3) is 49.9 Å². The van der Waals surface area contributed by atoms with Gasteiger partial charge in [0.2, 0.25) is 0 Å². The van der Waals surface area contributed by atoms with Crippen molar-refractivity contribution in [2.75, 3.05) is 0 Å². The van der Waals surface area contributed by atoms with E-state index in [0.717, 1.165) is 61.8 Å². The number of hydrogen-bond acceptors (Lipinski definition) is 3. The van der Waals surface area contributed by atoms with Gasteiger partial charge in [0.25, 0.3) is 0 Å². The highest BCUT2D eigenvalue weighted by molar-refractivity contribution is 5.78. The lowest BCUT2D eigenvalue weighted by Crippen LogP contribution is -2.34. The van der Waals surface area contributed by atoms with Crippen LogP contribution in [0.15, 0.2) is 188 Å². The third-order valence-electron chi connectivity index (χ3n) is 9.85. The summed E-state index contributed by atoms with van der Waals surface area (Å²) in [6.07, 6.45) is 0. The topological polar surface area (TPSA) is 39.4 Å². The Morgan fingerprint density at radius 2 is 0.942 bits per heavy atom. The maximum Gasteiger partial charge on any atom is 0.187 e. The van der Waals surface area contributed by atoms with E-state index >= 15 is 0 Å². The third-order valence-corrected chi connectivity index (χ3v) is 9.85. The Kier molecular flexibility index (Phi) is 7.72. The molecule has 0 spiro atoms. The minimum atomic E-state index is -0.606. The zero-order chi connectivity index (χ0) is 34.9. The second-order valence-corrected chi connectivity index (χ2v) is 12.9. The van der Waals surface area contributed by atoms with E-state index in [0.29, 0.717) is 11.5 Å². The van der Waals surface area contributed by atoms with E-state index in [-0.39, 0.29) is 0 Å². The fourth-order valence-electron chi connectivity index (χ4n) is 7.41. The van der Waals surface area contributed by atoms with Crippen LogP contribution < -0.4 is 4.74 Å². The fraction of sp³-hybridized carbons (Fsp3) is 0.0208. The summed E-state index contributed by atoms with van der Waals surface area (Å²) in [5.41, 5.74) is 11.1. The van der Waals surface area contributed by atoms with Crippen LogP contribution in [0.3, 0.4) is 0 Å². The van der Waals surface area contributed by atoms with Crippen LogP contribution in [0.5, 0.6) is 11.5 Å². The fourth-order valence-corrected chi connectivity index (χ4v) is 7.41. The molecule has 52 heavy (non-hydrogen) atoms. The van der Waals surface area contributed by atoms with Gasteiger partial charge >= 0.3 is 0 Å². The molecule has 0 amide bonds. The van der Waals surface area contributed by atoms with Gasteiger partial charge in [0.1, 0.15) is 11.5 Å². The summed E-state index contributed by atoms with van der Waals surface area (Å²) < 4.78 is 6.65. The van der Waals surface area contributed by atoms with Gasteiger partial charge in [0, 0.05) is 22.3 Å². The van der Waals surface area contributed by atoms with Crippen LogP contribution in [0.1, 0.15) is 22.3 Å². The molecule has 1 aliphatic rings. The first-order valence-corrected chi connectivity index (χ1v) is 17.3. The van der Waals surface area contributed by atoms with Crippen molar-refractivity contribution >= 4 is 5.69 Å². The van der Waals surface area contributed by atoms with Crippen LogP contribution in [0, 0.1) is 6.57 Å². The standard InChI is InChI=1S/C48H31N3O/c1-49-40-27-24-34(25-28-40)44-32-43(33-14-5-2-6-15-33)50-47(51-44)37-17-13-16-35(30-37)36-26-29-46-42(31-36)48(38-18-7-3-8-19-38,39-20-9-4-10-21-39)41-22-11-12-23-45(41)52-46/h2-32H. The van der Waals surface area contributed by atoms with Crippen LogP contribution in [-0.4, -0.2) is 9.97 Å². The molecule has 0 N–H and O–H groups in total. The SMILES string of the molecule is [C-]#[N+]c1ccc(-c2cc(-c3ccccc3)nc(-c3cccc(-c4ccc5c(c4)C(c4ccccc4)(c4ccccc4)c4ccccc4O5)c3)n2)cc1. The molecule has 2 heterocycles. The predicted molar refractivity (Wildman–Crippen MR) is 208 cm³/mol. The zero-order valence-electron chi connectivity index (χ0n) is 28.1. The summed E-state index contributed by atoms with van der Waals surface area (Å²) in [7, 11) is 0. The van der Waals surface area contributed by atoms with Crippen molar-refractivity contribution in [3.8, 4) is 56.5 Å². The minimum Gasteiger partial charge on any atom is -0.457 e. The van der Waals surface area contributed by atoms with Gasteiger partial charge in [-0.15, -0.1) is 0 Å². The Labute approximate surface area is 303 Å². The number of aromatic nitrogens is 2. The molecule has 0 saturated carbocycles. The highest BCUT2D eigenvalue weighted by Gasteiger charge is 2.45. The molecule has 7 aromatic carbocycles. The van der Waals surface area contributed by atoms with Gasteiger partial charge < -0.3 is 4.74 Å². The van der Waals surface area contributed by atoms with Crippen molar-refractivity contribution in [3.05, 3.63) is 222 Å². The van der Waals surface area contributed by atoms with Gasteiger partial charge in [-0.1, -0.05) is 158 Å². The van der Waals surface area contributed by atoms with Crippen LogP contribution in [0.4, 0.5) is 5.69 Å². The van der Waals surface area contributed by atoms with Crippen LogP contribution in [0.2, 0.25) is 0 Å². The molecule has 1 aromatic heterocycles. The number of fused-ring (bicyclic) bond motifs is 2. The number of para-hydroxylation sites is 1. The molecular weight excluding hydrogens is 635 g/mol. The summed E-state index contributed by atoms with van der Waals surface area (Å²) in [6.45, 7) is 7.39. The third kappa shape index (κ3) is 5.33. The van der Waals surface area contributed by atoms with Crippen molar-refractivity contribution in [3.63, 3.8) is 0 Å². The molecule has 4 heteroatoms. The van der Waals surface area contributed by atoms with Crippen LogP contribution >= 0.6 is 0 Å². The first-order chi connectivity index (χ1) is 25.7. The Bertz CT molecular complexity index is 2550. The minimum absolute atomic E-state index is 0.594. The molecule has 0 atom stereocenters. The van der Waals surface area contributed by atoms with E-state index in [1.165, 1.54) is 11.1 Å². The first-order valence-electron chi connectivity index (χ1n) is 17.3. The first kappa shape index (κ1) is 30.9. The molecular formula is C48H31N3O. The zero-order valence-corrected chi connectivity index (χ0v) is 28.1. The lowest BCUT2D eigenvalue weighted by atomic mass is 9.63. The summed E-state index contributed by atoms with van der Waals surface area (Å²) in [5, 5.41) is 0. The molecule has 8 aromatic rings. The van der Waals surface area contributed by atoms with Crippen molar-refractivity contribution < 1.29 is 4.74 Å². The number of hydrogen-bond donors (Lipinski definition) is 0. The normalized spacial score (nSPS) is 12.5. The van der Waals surface area contributed by atoms with E-state index in [9.17, 15) is 0 Å². The van der Waals surface area contributed by atoms with E-state index in [1.54, 1.807) is 0 Å². The molecule has 4 nitrogen and oxygen atoms in total. The lowest BCUT2D eigenvalue weighted by molar-refractivity contribution is 0.434.